The van der Waals surface area contributed by atoms with Gasteiger partial charge in [-0.2, -0.15) is 0 Å². The van der Waals surface area contributed by atoms with Crippen LogP contribution in [0.5, 0.6) is 0 Å². The van der Waals surface area contributed by atoms with Crippen molar-refractivity contribution in [3.8, 4) is 0 Å². The van der Waals surface area contributed by atoms with E-state index >= 15 is 0 Å². The number of aliphatic hydroxyl groups is 1. The van der Waals surface area contributed by atoms with Crippen LogP contribution in [-0.2, 0) is 17.5 Å². The first-order chi connectivity index (χ1) is 11.7. The van der Waals surface area contributed by atoms with Gasteiger partial charge in [0.2, 0.25) is 0 Å². The molecule has 25 heavy (non-hydrogen) atoms. The van der Waals surface area contributed by atoms with Crippen LogP contribution in [0.4, 0.5) is 0 Å². The van der Waals surface area contributed by atoms with Gasteiger partial charge in [-0.05, 0) is 48.5 Å². The van der Waals surface area contributed by atoms with Crippen LogP contribution in [0.2, 0.25) is 18.1 Å². The van der Waals surface area contributed by atoms with Gasteiger partial charge in [0, 0.05) is 5.92 Å². The molecule has 0 aliphatic heterocycles. The number of aliphatic hydroxyl groups excluding tert-OH is 1. The molecule has 3 heteroatoms. The van der Waals surface area contributed by atoms with Crippen molar-refractivity contribution in [2.75, 3.05) is 0 Å². The first-order valence-corrected chi connectivity index (χ1v) is 12.2. The fourth-order valence-electron chi connectivity index (χ4n) is 2.76. The van der Waals surface area contributed by atoms with E-state index in [-0.39, 0.29) is 23.7 Å². The second-order valence-corrected chi connectivity index (χ2v) is 13.1. The molecule has 1 rings (SSSR count). The molecule has 1 aromatic rings. The summed E-state index contributed by atoms with van der Waals surface area (Å²) in [6, 6.07) is 8.10. The van der Waals surface area contributed by atoms with Gasteiger partial charge in [-0.15, -0.1) is 13.2 Å². The maximum absolute atomic E-state index is 9.52. The Morgan fingerprint density at radius 2 is 1.76 bits per heavy atom. The molecule has 0 heterocycles. The molecule has 0 aliphatic rings. The monoisotopic (exact) mass is 360 g/mol. The summed E-state index contributed by atoms with van der Waals surface area (Å²) in [6.45, 7) is 19.5. The van der Waals surface area contributed by atoms with Gasteiger partial charge >= 0.3 is 0 Å². The molecule has 2 atom stereocenters. The third-order valence-electron chi connectivity index (χ3n) is 5.47. The Kier molecular flexibility index (Phi) is 8.32. The highest BCUT2D eigenvalue weighted by atomic mass is 28.4. The number of hydrogen-bond donors (Lipinski definition) is 1. The highest BCUT2D eigenvalue weighted by Gasteiger charge is 2.40. The van der Waals surface area contributed by atoms with E-state index < -0.39 is 8.32 Å². The number of hydrogen-bond acceptors (Lipinski definition) is 2. The summed E-state index contributed by atoms with van der Waals surface area (Å²) >= 11 is 0. The van der Waals surface area contributed by atoms with E-state index in [0.29, 0.717) is 0 Å². The molecule has 0 unspecified atom stereocenters. The zero-order valence-corrected chi connectivity index (χ0v) is 17.7. The molecular weight excluding hydrogens is 324 g/mol. The Balaban J connectivity index is 2.88. The molecule has 2 nitrogen and oxygen atoms in total. The first kappa shape index (κ1) is 21.9. The van der Waals surface area contributed by atoms with Crippen molar-refractivity contribution in [3.05, 3.63) is 60.7 Å². The zero-order chi connectivity index (χ0) is 19.1. The van der Waals surface area contributed by atoms with Crippen LogP contribution < -0.4 is 0 Å². The maximum Gasteiger partial charge on any atom is 0.192 e. The Labute approximate surface area is 155 Å². The fraction of sp³-hybridized carbons (Fsp3) is 0.545. The molecule has 0 amide bonds. The number of benzene rings is 1. The smallest absolute Gasteiger partial charge is 0.192 e. The third-order valence-corrected chi connectivity index (χ3v) is 9.97. The second kappa shape index (κ2) is 9.51. The lowest BCUT2D eigenvalue weighted by atomic mass is 9.91. The quantitative estimate of drug-likeness (QED) is 0.417. The fourth-order valence-corrected chi connectivity index (χ4v) is 4.14. The van der Waals surface area contributed by atoms with Gasteiger partial charge < -0.3 is 9.53 Å². The van der Waals surface area contributed by atoms with E-state index in [2.05, 4.69) is 53.1 Å². The molecule has 140 valence electrons. The molecule has 0 spiro atoms. The predicted octanol–water partition coefficient (Wildman–Crippen LogP) is 5.88. The van der Waals surface area contributed by atoms with Crippen molar-refractivity contribution in [2.24, 2.45) is 5.92 Å². The van der Waals surface area contributed by atoms with Crippen molar-refractivity contribution >= 4 is 8.32 Å². The van der Waals surface area contributed by atoms with Crippen molar-refractivity contribution in [1.29, 1.82) is 0 Å². The predicted molar refractivity (Wildman–Crippen MR) is 111 cm³/mol. The van der Waals surface area contributed by atoms with Crippen LogP contribution in [0.15, 0.2) is 49.6 Å². The Morgan fingerprint density at radius 1 is 1.16 bits per heavy atom. The van der Waals surface area contributed by atoms with Gasteiger partial charge in [-0.1, -0.05) is 57.2 Å². The summed E-state index contributed by atoms with van der Waals surface area (Å²) in [5, 5.41) is 9.71. The number of rotatable bonds is 10. The van der Waals surface area contributed by atoms with Gasteiger partial charge in [0.25, 0.3) is 0 Å². The van der Waals surface area contributed by atoms with Crippen LogP contribution in [0.25, 0.3) is 0 Å². The molecule has 0 saturated carbocycles. The van der Waals surface area contributed by atoms with Crippen molar-refractivity contribution in [1.82, 2.24) is 0 Å². The lowest BCUT2D eigenvalue weighted by Crippen LogP contribution is -2.45. The van der Waals surface area contributed by atoms with Gasteiger partial charge in [-0.3, -0.25) is 0 Å². The average molecular weight is 361 g/mol. The minimum absolute atomic E-state index is 0.0888. The van der Waals surface area contributed by atoms with E-state index in [9.17, 15) is 5.11 Å². The molecule has 0 aromatic heterocycles. The molecule has 1 N–H and O–H groups in total. The lowest BCUT2D eigenvalue weighted by Gasteiger charge is -2.41. The topological polar surface area (TPSA) is 29.5 Å². The van der Waals surface area contributed by atoms with Crippen molar-refractivity contribution in [3.63, 3.8) is 0 Å². The summed E-state index contributed by atoms with van der Waals surface area (Å²) in [5.41, 5.74) is 2.22. The second-order valence-electron chi connectivity index (χ2n) is 8.31. The molecule has 0 aliphatic carbocycles. The summed E-state index contributed by atoms with van der Waals surface area (Å²) in [7, 11) is -1.85. The van der Waals surface area contributed by atoms with Crippen LogP contribution in [0.1, 0.15) is 44.7 Å². The maximum atomic E-state index is 9.52. The summed E-state index contributed by atoms with van der Waals surface area (Å²) in [5.74, 6) is 0.277. The molecule has 0 bridgehead atoms. The van der Waals surface area contributed by atoms with E-state index in [1.165, 1.54) is 5.56 Å². The highest BCUT2D eigenvalue weighted by Crippen LogP contribution is 2.39. The van der Waals surface area contributed by atoms with Crippen LogP contribution in [0, 0.1) is 5.92 Å². The number of aryl methyl sites for hydroxylation is 1. The van der Waals surface area contributed by atoms with Gasteiger partial charge in [0.1, 0.15) is 0 Å². The van der Waals surface area contributed by atoms with Crippen LogP contribution >= 0.6 is 0 Å². The Hall–Kier alpha value is -1.16. The van der Waals surface area contributed by atoms with E-state index in [4.69, 9.17) is 4.43 Å². The van der Waals surface area contributed by atoms with Crippen LogP contribution in [-0.4, -0.2) is 19.5 Å². The average Bonchev–Trinajstić information content (AvgIpc) is 2.54. The third kappa shape index (κ3) is 6.25. The SMILES string of the molecule is C=CC[C@@H](O[Si](C)(C)C(C)(C)C)[C@@H](C=C)CCc1ccccc1CO. The van der Waals surface area contributed by atoms with Gasteiger partial charge in [0.05, 0.1) is 12.7 Å². The minimum Gasteiger partial charge on any atom is -0.413 e. The van der Waals surface area contributed by atoms with Gasteiger partial charge in [0.15, 0.2) is 8.32 Å². The summed E-state index contributed by atoms with van der Waals surface area (Å²) in [6.07, 6.45) is 6.83. The molecule has 0 radical (unpaired) electrons. The Bertz CT molecular complexity index is 557. The molecule has 1 aromatic carbocycles. The zero-order valence-electron chi connectivity index (χ0n) is 16.7. The highest BCUT2D eigenvalue weighted by molar-refractivity contribution is 6.74. The summed E-state index contributed by atoms with van der Waals surface area (Å²) < 4.78 is 6.69. The molecular formula is C22H36O2Si. The minimum atomic E-state index is -1.85. The van der Waals surface area contributed by atoms with Crippen molar-refractivity contribution < 1.29 is 9.53 Å². The standard InChI is InChI=1S/C22H36O2Si/c1-8-12-21(24-25(6,7)22(3,4)5)18(9-2)15-16-19-13-10-11-14-20(19)17-23/h8-11,13-14,18,21,23H,1-2,12,15-17H2,3-7H3/t18-,21+/m0/s1. The normalized spacial score (nSPS) is 14.8. The molecule has 0 saturated heterocycles. The van der Waals surface area contributed by atoms with E-state index in [1.807, 2.05) is 30.4 Å². The first-order valence-electron chi connectivity index (χ1n) is 9.25. The van der Waals surface area contributed by atoms with E-state index in [0.717, 1.165) is 24.8 Å². The van der Waals surface area contributed by atoms with Crippen LogP contribution in [0.3, 0.4) is 0 Å². The van der Waals surface area contributed by atoms with E-state index in [1.54, 1.807) is 0 Å². The van der Waals surface area contributed by atoms with Gasteiger partial charge in [-0.25, -0.2) is 0 Å². The summed E-state index contributed by atoms with van der Waals surface area (Å²) in [4.78, 5) is 0. The lowest BCUT2D eigenvalue weighted by molar-refractivity contribution is 0.136. The Morgan fingerprint density at radius 3 is 2.24 bits per heavy atom. The largest absolute Gasteiger partial charge is 0.413 e. The van der Waals surface area contributed by atoms with Crippen molar-refractivity contribution in [2.45, 2.75) is 70.9 Å². The molecule has 0 fully saturated rings.